The lowest BCUT2D eigenvalue weighted by atomic mass is 10.1. The number of rotatable bonds is 4. The number of carbonyl (C=O) groups is 1. The van der Waals surface area contributed by atoms with Crippen LogP contribution in [0.1, 0.15) is 12.0 Å². The molecule has 0 aliphatic carbocycles. The van der Waals surface area contributed by atoms with Crippen molar-refractivity contribution >= 4 is 15.9 Å². The molecule has 1 saturated heterocycles. The highest BCUT2D eigenvalue weighted by molar-refractivity contribution is 7.88. The monoisotopic (exact) mass is 326 g/mol. The van der Waals surface area contributed by atoms with Crippen molar-refractivity contribution < 1.29 is 17.9 Å². The quantitative estimate of drug-likeness (QED) is 0.818. The van der Waals surface area contributed by atoms with Gasteiger partial charge >= 0.3 is 0 Å². The first-order valence-corrected chi connectivity index (χ1v) is 9.11. The third kappa shape index (κ3) is 4.45. The average Bonchev–Trinajstić information content (AvgIpc) is 2.73. The normalized spacial score (nSPS) is 17.1. The van der Waals surface area contributed by atoms with Crippen molar-refractivity contribution in [1.29, 1.82) is 0 Å². The van der Waals surface area contributed by atoms with Crippen molar-refractivity contribution in [3.63, 3.8) is 0 Å². The third-order valence-electron chi connectivity index (χ3n) is 3.79. The molecule has 0 spiro atoms. The number of ether oxygens (including phenoxy) is 1. The summed E-state index contributed by atoms with van der Waals surface area (Å²) in [5.41, 5.74) is 0.926. The molecule has 0 N–H and O–H groups in total. The first-order valence-electron chi connectivity index (χ1n) is 7.26. The van der Waals surface area contributed by atoms with E-state index in [-0.39, 0.29) is 5.91 Å². The van der Waals surface area contributed by atoms with E-state index < -0.39 is 10.0 Å². The van der Waals surface area contributed by atoms with Crippen LogP contribution in [-0.4, -0.2) is 63.1 Å². The van der Waals surface area contributed by atoms with Crippen LogP contribution in [0.5, 0.6) is 5.75 Å². The lowest BCUT2D eigenvalue weighted by Gasteiger charge is -2.21. The Hall–Kier alpha value is -1.60. The molecule has 0 aromatic heterocycles. The van der Waals surface area contributed by atoms with E-state index in [1.54, 1.807) is 12.0 Å². The fourth-order valence-corrected chi connectivity index (χ4v) is 3.38. The van der Waals surface area contributed by atoms with Gasteiger partial charge in [0.25, 0.3) is 0 Å². The zero-order valence-corrected chi connectivity index (χ0v) is 13.8. The second-order valence-electron chi connectivity index (χ2n) is 5.42. The Morgan fingerprint density at radius 1 is 1.14 bits per heavy atom. The largest absolute Gasteiger partial charge is 0.497 e. The van der Waals surface area contributed by atoms with E-state index in [1.807, 2.05) is 24.3 Å². The van der Waals surface area contributed by atoms with Crippen molar-refractivity contribution in [3.05, 3.63) is 29.8 Å². The summed E-state index contributed by atoms with van der Waals surface area (Å²) < 4.78 is 29.7. The van der Waals surface area contributed by atoms with Crippen molar-refractivity contribution in [3.8, 4) is 5.75 Å². The van der Waals surface area contributed by atoms with Gasteiger partial charge in [-0.3, -0.25) is 4.79 Å². The van der Waals surface area contributed by atoms with Crippen molar-refractivity contribution in [2.24, 2.45) is 0 Å². The summed E-state index contributed by atoms with van der Waals surface area (Å²) >= 11 is 0. The zero-order valence-electron chi connectivity index (χ0n) is 13.0. The Balaban J connectivity index is 1.95. The molecule has 1 heterocycles. The van der Waals surface area contributed by atoms with Crippen LogP contribution < -0.4 is 4.74 Å². The fraction of sp³-hybridized carbons (Fsp3) is 0.533. The van der Waals surface area contributed by atoms with Gasteiger partial charge < -0.3 is 9.64 Å². The number of nitrogens with zero attached hydrogens (tertiary/aromatic N) is 2. The molecule has 1 amide bonds. The molecule has 122 valence electrons. The molecule has 1 aliphatic rings. The molecule has 1 aromatic rings. The Morgan fingerprint density at radius 3 is 2.41 bits per heavy atom. The van der Waals surface area contributed by atoms with E-state index in [2.05, 4.69) is 0 Å². The highest BCUT2D eigenvalue weighted by atomic mass is 32.2. The van der Waals surface area contributed by atoms with Gasteiger partial charge in [-0.05, 0) is 24.1 Å². The Morgan fingerprint density at radius 2 is 1.82 bits per heavy atom. The Bertz CT molecular complexity index is 613. The van der Waals surface area contributed by atoms with E-state index in [0.29, 0.717) is 39.0 Å². The van der Waals surface area contributed by atoms with Crippen LogP contribution >= 0.6 is 0 Å². The summed E-state index contributed by atoms with van der Waals surface area (Å²) in [5, 5.41) is 0. The minimum absolute atomic E-state index is 0.0283. The van der Waals surface area contributed by atoms with Crippen LogP contribution in [0.3, 0.4) is 0 Å². The molecule has 1 fully saturated rings. The van der Waals surface area contributed by atoms with Crippen LogP contribution in [0.4, 0.5) is 0 Å². The second-order valence-corrected chi connectivity index (χ2v) is 7.40. The van der Waals surface area contributed by atoms with Crippen LogP contribution in [0.25, 0.3) is 0 Å². The highest BCUT2D eigenvalue weighted by Crippen LogP contribution is 2.13. The summed E-state index contributed by atoms with van der Waals surface area (Å²) in [6.07, 6.45) is 2.20. The molecule has 0 bridgehead atoms. The first-order chi connectivity index (χ1) is 10.4. The summed E-state index contributed by atoms with van der Waals surface area (Å²) in [6, 6.07) is 7.40. The van der Waals surface area contributed by atoms with Gasteiger partial charge in [0, 0.05) is 26.2 Å². The molecule has 2 rings (SSSR count). The van der Waals surface area contributed by atoms with E-state index in [1.165, 1.54) is 10.6 Å². The summed E-state index contributed by atoms with van der Waals surface area (Å²) in [6.45, 7) is 1.89. The maximum Gasteiger partial charge on any atom is 0.227 e. The molecule has 6 nitrogen and oxygen atoms in total. The van der Waals surface area contributed by atoms with E-state index in [0.717, 1.165) is 11.3 Å². The molecule has 1 aliphatic heterocycles. The molecule has 22 heavy (non-hydrogen) atoms. The lowest BCUT2D eigenvalue weighted by molar-refractivity contribution is -0.130. The maximum absolute atomic E-state index is 12.4. The molecule has 0 saturated carbocycles. The predicted molar refractivity (Wildman–Crippen MR) is 84.3 cm³/mol. The number of amides is 1. The number of methoxy groups -OCH3 is 1. The van der Waals surface area contributed by atoms with Crippen LogP contribution in [0.2, 0.25) is 0 Å². The molecular weight excluding hydrogens is 304 g/mol. The standard InChI is InChI=1S/C15H22N2O4S/c1-21-14-6-4-13(5-7-14)12-15(18)16-8-3-9-17(11-10-16)22(2,19)20/h4-7H,3,8-12H2,1-2H3. The van der Waals surface area contributed by atoms with Gasteiger partial charge in [0.1, 0.15) is 5.75 Å². The first kappa shape index (κ1) is 16.8. The highest BCUT2D eigenvalue weighted by Gasteiger charge is 2.23. The Labute approximate surface area is 131 Å². The lowest BCUT2D eigenvalue weighted by Crippen LogP contribution is -2.37. The molecule has 7 heteroatoms. The summed E-state index contributed by atoms with van der Waals surface area (Å²) in [5.74, 6) is 0.787. The number of hydrogen-bond acceptors (Lipinski definition) is 4. The van der Waals surface area contributed by atoms with Gasteiger partial charge in [0.05, 0.1) is 19.8 Å². The molecule has 0 atom stereocenters. The van der Waals surface area contributed by atoms with E-state index in [9.17, 15) is 13.2 Å². The van der Waals surface area contributed by atoms with Gasteiger partial charge in [0.15, 0.2) is 0 Å². The second kappa shape index (κ2) is 7.11. The fourth-order valence-electron chi connectivity index (χ4n) is 2.50. The topological polar surface area (TPSA) is 66.9 Å². The number of sulfonamides is 1. The van der Waals surface area contributed by atoms with E-state index in [4.69, 9.17) is 4.74 Å². The van der Waals surface area contributed by atoms with Gasteiger partial charge in [-0.15, -0.1) is 0 Å². The number of hydrogen-bond donors (Lipinski definition) is 0. The van der Waals surface area contributed by atoms with Crippen molar-refractivity contribution in [2.45, 2.75) is 12.8 Å². The van der Waals surface area contributed by atoms with Gasteiger partial charge in [-0.1, -0.05) is 12.1 Å². The zero-order chi connectivity index (χ0) is 16.2. The van der Waals surface area contributed by atoms with Gasteiger partial charge in [-0.25, -0.2) is 12.7 Å². The molecule has 1 aromatic carbocycles. The number of carbonyl (C=O) groups excluding carboxylic acids is 1. The summed E-state index contributed by atoms with van der Waals surface area (Å²) in [7, 11) is -1.58. The summed E-state index contributed by atoms with van der Waals surface area (Å²) in [4.78, 5) is 14.1. The third-order valence-corrected chi connectivity index (χ3v) is 5.09. The van der Waals surface area contributed by atoms with E-state index >= 15 is 0 Å². The average molecular weight is 326 g/mol. The minimum atomic E-state index is -3.18. The molecule has 0 radical (unpaired) electrons. The minimum Gasteiger partial charge on any atom is -0.497 e. The molecule has 0 unspecified atom stereocenters. The van der Waals surface area contributed by atoms with Gasteiger partial charge in [0.2, 0.25) is 15.9 Å². The van der Waals surface area contributed by atoms with Crippen molar-refractivity contribution in [2.75, 3.05) is 39.5 Å². The smallest absolute Gasteiger partial charge is 0.227 e. The predicted octanol–water partition coefficient (Wildman–Crippen LogP) is 0.732. The van der Waals surface area contributed by atoms with Gasteiger partial charge in [-0.2, -0.15) is 0 Å². The molecular formula is C15H22N2O4S. The Kier molecular flexibility index (Phi) is 5.42. The maximum atomic E-state index is 12.4. The van der Waals surface area contributed by atoms with Crippen LogP contribution in [0, 0.1) is 0 Å². The van der Waals surface area contributed by atoms with Crippen LogP contribution in [-0.2, 0) is 21.2 Å². The number of benzene rings is 1. The van der Waals surface area contributed by atoms with Crippen LogP contribution in [0.15, 0.2) is 24.3 Å². The SMILES string of the molecule is COc1ccc(CC(=O)N2CCCN(S(C)(=O)=O)CC2)cc1. The van der Waals surface area contributed by atoms with Crippen molar-refractivity contribution in [1.82, 2.24) is 9.21 Å².